The van der Waals surface area contributed by atoms with Crippen LogP contribution < -0.4 is 0 Å². The van der Waals surface area contributed by atoms with E-state index in [0.717, 1.165) is 31.0 Å². The molecule has 1 rings (SSSR count). The molecule has 0 aliphatic carbocycles. The van der Waals surface area contributed by atoms with Crippen molar-refractivity contribution in [3.05, 3.63) is 0 Å². The molecule has 2 unspecified atom stereocenters. The van der Waals surface area contributed by atoms with Crippen LogP contribution in [0.5, 0.6) is 0 Å². The molecule has 18 heavy (non-hydrogen) atoms. The van der Waals surface area contributed by atoms with Crippen LogP contribution in [0.1, 0.15) is 45.4 Å². The lowest BCUT2D eigenvalue weighted by Gasteiger charge is -2.24. The minimum Gasteiger partial charge on any atom is -0.480 e. The van der Waals surface area contributed by atoms with Crippen LogP contribution in [0.4, 0.5) is 0 Å². The smallest absolute Gasteiger partial charge is 0.326 e. The third kappa shape index (κ3) is 4.26. The van der Waals surface area contributed by atoms with Crippen LogP contribution in [0.3, 0.4) is 0 Å². The highest BCUT2D eigenvalue weighted by Crippen LogP contribution is 2.24. The number of carboxylic acid groups (broad SMARTS) is 1. The number of carboxylic acids is 1. The van der Waals surface area contributed by atoms with Gasteiger partial charge in [-0.3, -0.25) is 4.79 Å². The van der Waals surface area contributed by atoms with Gasteiger partial charge in [0.1, 0.15) is 6.04 Å². The molecule has 0 bridgehead atoms. The Hall–Kier alpha value is -0.580. The third-order valence-electron chi connectivity index (χ3n) is 3.45. The number of likely N-dealkylation sites (tertiary alicyclic amines) is 1. The van der Waals surface area contributed by atoms with Crippen molar-refractivity contribution in [1.82, 2.24) is 4.90 Å². The van der Waals surface area contributed by atoms with Crippen molar-refractivity contribution < 1.29 is 14.7 Å². The van der Waals surface area contributed by atoms with E-state index in [4.69, 9.17) is 0 Å². The number of hydrogen-bond donors (Lipinski definition) is 1. The molecule has 0 aromatic heterocycles. The summed E-state index contributed by atoms with van der Waals surface area (Å²) in [6.45, 7) is 2.70. The van der Waals surface area contributed by atoms with Crippen molar-refractivity contribution in [1.29, 1.82) is 0 Å². The third-order valence-corrected chi connectivity index (χ3v) is 4.36. The number of halogens is 1. The van der Waals surface area contributed by atoms with Crippen LogP contribution >= 0.6 is 15.9 Å². The monoisotopic (exact) mass is 319 g/mol. The Bertz CT molecular complexity index is 296. The van der Waals surface area contributed by atoms with E-state index in [1.54, 1.807) is 4.90 Å². The van der Waals surface area contributed by atoms with E-state index in [1.165, 1.54) is 0 Å². The summed E-state index contributed by atoms with van der Waals surface area (Å²) < 4.78 is 0. The number of carbonyl (C=O) groups is 2. The van der Waals surface area contributed by atoms with Crippen LogP contribution in [0.15, 0.2) is 0 Å². The molecule has 1 heterocycles. The lowest BCUT2D eigenvalue weighted by molar-refractivity contribution is -0.148. The zero-order chi connectivity index (χ0) is 13.5. The highest BCUT2D eigenvalue weighted by molar-refractivity contribution is 9.09. The molecule has 1 aliphatic rings. The summed E-state index contributed by atoms with van der Waals surface area (Å²) in [5.41, 5.74) is 0. The summed E-state index contributed by atoms with van der Waals surface area (Å²) in [7, 11) is 0. The molecule has 0 saturated carbocycles. The maximum Gasteiger partial charge on any atom is 0.326 e. The number of amides is 1. The number of unbranched alkanes of at least 4 members (excludes halogenated alkanes) is 3. The van der Waals surface area contributed by atoms with Gasteiger partial charge in [-0.05, 0) is 12.3 Å². The molecule has 2 atom stereocenters. The average molecular weight is 320 g/mol. The van der Waals surface area contributed by atoms with Gasteiger partial charge in [0.05, 0.1) is 0 Å². The van der Waals surface area contributed by atoms with Gasteiger partial charge in [0.25, 0.3) is 0 Å². The quantitative estimate of drug-likeness (QED) is 0.552. The van der Waals surface area contributed by atoms with Crippen LogP contribution in [-0.2, 0) is 9.59 Å². The number of alkyl halides is 1. The van der Waals surface area contributed by atoms with Gasteiger partial charge >= 0.3 is 5.97 Å². The van der Waals surface area contributed by atoms with Crippen molar-refractivity contribution in [3.8, 4) is 0 Å². The minimum absolute atomic E-state index is 0.0117. The zero-order valence-electron chi connectivity index (χ0n) is 10.9. The second-order valence-electron chi connectivity index (χ2n) is 4.97. The fourth-order valence-electron chi connectivity index (χ4n) is 2.39. The molecule has 1 fully saturated rings. The van der Waals surface area contributed by atoms with E-state index in [0.29, 0.717) is 19.4 Å². The molecule has 4 nitrogen and oxygen atoms in total. The van der Waals surface area contributed by atoms with Gasteiger partial charge < -0.3 is 10.0 Å². The van der Waals surface area contributed by atoms with Gasteiger partial charge in [-0.2, -0.15) is 0 Å². The fourth-order valence-corrected chi connectivity index (χ4v) is 2.82. The van der Waals surface area contributed by atoms with E-state index >= 15 is 0 Å². The highest BCUT2D eigenvalue weighted by atomic mass is 79.9. The lowest BCUT2D eigenvalue weighted by Crippen LogP contribution is -2.42. The van der Waals surface area contributed by atoms with Gasteiger partial charge in [0, 0.05) is 18.3 Å². The molecule has 1 amide bonds. The van der Waals surface area contributed by atoms with Crippen molar-refractivity contribution in [2.24, 2.45) is 5.92 Å². The second-order valence-corrected chi connectivity index (χ2v) is 5.62. The molecule has 1 aliphatic heterocycles. The van der Waals surface area contributed by atoms with Gasteiger partial charge in [-0.1, -0.05) is 48.5 Å². The summed E-state index contributed by atoms with van der Waals surface area (Å²) in [6, 6.07) is -0.626. The Labute approximate surface area is 117 Å². The lowest BCUT2D eigenvalue weighted by atomic mass is 10.1. The molecule has 0 aromatic rings. The van der Waals surface area contributed by atoms with Gasteiger partial charge in [-0.15, -0.1) is 0 Å². The van der Waals surface area contributed by atoms with Crippen LogP contribution in [0.25, 0.3) is 0 Å². The Kier molecular flexibility index (Phi) is 6.68. The predicted octanol–water partition coefficient (Wildman–Crippen LogP) is 2.65. The first-order valence-electron chi connectivity index (χ1n) is 6.68. The molecule has 0 aromatic carbocycles. The first-order chi connectivity index (χ1) is 8.60. The van der Waals surface area contributed by atoms with Gasteiger partial charge in [0.2, 0.25) is 5.91 Å². The standard InChI is InChI=1S/C13H22BrNO3/c1-2-3-4-5-6-11(13(17)18)15-9-10(8-14)7-12(15)16/h10-11H,2-9H2,1H3,(H,17,18). The maximum atomic E-state index is 11.8. The molecule has 1 saturated heterocycles. The first kappa shape index (κ1) is 15.5. The van der Waals surface area contributed by atoms with E-state index in [2.05, 4.69) is 22.9 Å². The summed E-state index contributed by atoms with van der Waals surface area (Å²) in [6.07, 6.45) is 5.24. The molecule has 104 valence electrons. The van der Waals surface area contributed by atoms with Crippen LogP contribution in [-0.4, -0.2) is 39.8 Å². The fraction of sp³-hybridized carbons (Fsp3) is 0.846. The van der Waals surface area contributed by atoms with Crippen molar-refractivity contribution in [3.63, 3.8) is 0 Å². The Morgan fingerprint density at radius 3 is 2.72 bits per heavy atom. The molecule has 0 radical (unpaired) electrons. The Morgan fingerprint density at radius 2 is 2.22 bits per heavy atom. The Morgan fingerprint density at radius 1 is 1.50 bits per heavy atom. The Balaban J connectivity index is 2.51. The number of nitrogens with zero attached hydrogens (tertiary/aromatic N) is 1. The highest BCUT2D eigenvalue weighted by Gasteiger charge is 2.36. The van der Waals surface area contributed by atoms with Crippen LogP contribution in [0.2, 0.25) is 0 Å². The first-order valence-corrected chi connectivity index (χ1v) is 7.80. The van der Waals surface area contributed by atoms with E-state index in [9.17, 15) is 14.7 Å². The van der Waals surface area contributed by atoms with Crippen molar-refractivity contribution in [2.75, 3.05) is 11.9 Å². The zero-order valence-corrected chi connectivity index (χ0v) is 12.5. The molecular formula is C13H22BrNO3. The second kappa shape index (κ2) is 7.77. The van der Waals surface area contributed by atoms with E-state index in [-0.39, 0.29) is 11.8 Å². The van der Waals surface area contributed by atoms with E-state index < -0.39 is 12.0 Å². The number of carbonyl (C=O) groups excluding carboxylic acids is 1. The normalized spacial score (nSPS) is 21.3. The van der Waals surface area contributed by atoms with E-state index in [1.807, 2.05) is 0 Å². The number of hydrogen-bond acceptors (Lipinski definition) is 2. The van der Waals surface area contributed by atoms with Gasteiger partial charge in [-0.25, -0.2) is 4.79 Å². The summed E-state index contributed by atoms with van der Waals surface area (Å²) >= 11 is 3.36. The van der Waals surface area contributed by atoms with Crippen molar-refractivity contribution in [2.45, 2.75) is 51.5 Å². The molecule has 0 spiro atoms. The predicted molar refractivity (Wildman–Crippen MR) is 73.8 cm³/mol. The van der Waals surface area contributed by atoms with Crippen LogP contribution in [0, 0.1) is 5.92 Å². The summed E-state index contributed by atoms with van der Waals surface area (Å²) in [5.74, 6) is -0.618. The molecular weight excluding hydrogens is 298 g/mol. The molecule has 1 N–H and O–H groups in total. The largest absolute Gasteiger partial charge is 0.480 e. The summed E-state index contributed by atoms with van der Waals surface area (Å²) in [4.78, 5) is 24.7. The number of rotatable bonds is 8. The van der Waals surface area contributed by atoms with Crippen molar-refractivity contribution >= 4 is 27.8 Å². The SMILES string of the molecule is CCCCCCC(C(=O)O)N1CC(CBr)CC1=O. The minimum atomic E-state index is -0.866. The topological polar surface area (TPSA) is 57.6 Å². The maximum absolute atomic E-state index is 11.8. The molecule has 5 heteroatoms. The number of aliphatic carboxylic acids is 1. The van der Waals surface area contributed by atoms with Gasteiger partial charge in [0.15, 0.2) is 0 Å². The summed E-state index contributed by atoms with van der Waals surface area (Å²) in [5, 5.41) is 10.0. The average Bonchev–Trinajstić information content (AvgIpc) is 2.70.